The van der Waals surface area contributed by atoms with E-state index in [1.165, 1.54) is 6.07 Å². The molecule has 1 unspecified atom stereocenters. The van der Waals surface area contributed by atoms with Gasteiger partial charge in [-0.25, -0.2) is 17.2 Å². The molecular formula is C12H14BrF2NO2S. The Bertz CT molecular complexity index is 606. The minimum Gasteiger partial charge on any atom is -0.330 e. The van der Waals surface area contributed by atoms with Gasteiger partial charge in [-0.05, 0) is 47.4 Å². The average molecular weight is 354 g/mol. The van der Waals surface area contributed by atoms with Crippen LogP contribution in [0.1, 0.15) is 12.0 Å². The Morgan fingerprint density at radius 3 is 2.58 bits per heavy atom. The van der Waals surface area contributed by atoms with Gasteiger partial charge in [0.05, 0.1) is 16.0 Å². The van der Waals surface area contributed by atoms with E-state index in [9.17, 15) is 17.2 Å². The molecule has 2 rings (SSSR count). The lowest BCUT2D eigenvalue weighted by molar-refractivity contribution is 0.332. The van der Waals surface area contributed by atoms with Crippen LogP contribution in [0.2, 0.25) is 0 Å². The van der Waals surface area contributed by atoms with Gasteiger partial charge in [0.25, 0.3) is 0 Å². The topological polar surface area (TPSA) is 60.2 Å². The SMILES string of the molecule is NCC1(Cc2c(F)ccc(Br)c2F)CCS(=O)(=O)C1. The monoisotopic (exact) mass is 353 g/mol. The highest BCUT2D eigenvalue weighted by Crippen LogP contribution is 2.37. The Morgan fingerprint density at radius 2 is 2.05 bits per heavy atom. The Balaban J connectivity index is 2.38. The van der Waals surface area contributed by atoms with Crippen molar-refractivity contribution in [1.82, 2.24) is 0 Å². The van der Waals surface area contributed by atoms with Crippen molar-refractivity contribution in [3.63, 3.8) is 0 Å². The van der Waals surface area contributed by atoms with Gasteiger partial charge in [-0.1, -0.05) is 0 Å². The van der Waals surface area contributed by atoms with Crippen LogP contribution in [0, 0.1) is 17.0 Å². The maximum absolute atomic E-state index is 13.9. The fraction of sp³-hybridized carbons (Fsp3) is 0.500. The van der Waals surface area contributed by atoms with Crippen LogP contribution in [0.4, 0.5) is 8.78 Å². The lowest BCUT2D eigenvalue weighted by Gasteiger charge is -2.26. The molecule has 0 bridgehead atoms. The summed E-state index contributed by atoms with van der Waals surface area (Å²) in [6, 6.07) is 2.45. The summed E-state index contributed by atoms with van der Waals surface area (Å²) in [5.41, 5.74) is 4.79. The highest BCUT2D eigenvalue weighted by Gasteiger charge is 2.42. The predicted octanol–water partition coefficient (Wildman–Crippen LogP) is 2.03. The van der Waals surface area contributed by atoms with E-state index in [4.69, 9.17) is 5.73 Å². The molecule has 3 nitrogen and oxygen atoms in total. The molecule has 1 aliphatic heterocycles. The summed E-state index contributed by atoms with van der Waals surface area (Å²) >= 11 is 3.00. The molecule has 2 N–H and O–H groups in total. The van der Waals surface area contributed by atoms with Crippen molar-refractivity contribution in [1.29, 1.82) is 0 Å². The minimum atomic E-state index is -3.16. The third kappa shape index (κ3) is 2.98. The summed E-state index contributed by atoms with van der Waals surface area (Å²) in [7, 11) is -3.16. The zero-order valence-electron chi connectivity index (χ0n) is 10.1. The second-order valence-corrected chi connectivity index (χ2v) is 8.08. The lowest BCUT2D eigenvalue weighted by Crippen LogP contribution is -2.34. The van der Waals surface area contributed by atoms with Gasteiger partial charge < -0.3 is 5.73 Å². The fourth-order valence-electron chi connectivity index (χ4n) is 2.46. The van der Waals surface area contributed by atoms with Crippen LogP contribution in [0.25, 0.3) is 0 Å². The van der Waals surface area contributed by atoms with Crippen molar-refractivity contribution in [3.8, 4) is 0 Å². The first-order chi connectivity index (χ1) is 8.79. The quantitative estimate of drug-likeness (QED) is 0.845. The van der Waals surface area contributed by atoms with Crippen molar-refractivity contribution < 1.29 is 17.2 Å². The van der Waals surface area contributed by atoms with Gasteiger partial charge in [0.15, 0.2) is 9.84 Å². The summed E-state index contributed by atoms with van der Waals surface area (Å²) in [6.07, 6.45) is 0.344. The second kappa shape index (κ2) is 5.10. The number of nitrogens with two attached hydrogens (primary N) is 1. The molecule has 0 aliphatic carbocycles. The number of hydrogen-bond donors (Lipinski definition) is 1. The number of sulfone groups is 1. The second-order valence-electron chi connectivity index (χ2n) is 5.04. The van der Waals surface area contributed by atoms with Gasteiger partial charge in [0.1, 0.15) is 11.6 Å². The molecule has 0 saturated carbocycles. The van der Waals surface area contributed by atoms with Crippen molar-refractivity contribution in [3.05, 3.63) is 33.8 Å². The van der Waals surface area contributed by atoms with Gasteiger partial charge in [-0.2, -0.15) is 0 Å². The number of halogens is 3. The Labute approximate surface area is 119 Å². The summed E-state index contributed by atoms with van der Waals surface area (Å²) < 4.78 is 51.0. The van der Waals surface area contributed by atoms with Crippen molar-refractivity contribution >= 4 is 25.8 Å². The van der Waals surface area contributed by atoms with Gasteiger partial charge >= 0.3 is 0 Å². The first kappa shape index (κ1) is 14.9. The maximum Gasteiger partial charge on any atom is 0.150 e. The zero-order valence-corrected chi connectivity index (χ0v) is 12.5. The van der Waals surface area contributed by atoms with E-state index < -0.39 is 26.9 Å². The van der Waals surface area contributed by atoms with Crippen LogP contribution in [-0.2, 0) is 16.3 Å². The Kier molecular flexibility index (Phi) is 3.99. The molecule has 1 fully saturated rings. The summed E-state index contributed by atoms with van der Waals surface area (Å²) in [4.78, 5) is 0. The molecule has 1 aromatic carbocycles. The molecule has 0 radical (unpaired) electrons. The van der Waals surface area contributed by atoms with Crippen LogP contribution in [-0.4, -0.2) is 26.5 Å². The van der Waals surface area contributed by atoms with E-state index in [1.807, 2.05) is 0 Å². The fourth-order valence-corrected chi connectivity index (χ4v) is 5.02. The van der Waals surface area contributed by atoms with Gasteiger partial charge in [0, 0.05) is 11.0 Å². The van der Waals surface area contributed by atoms with E-state index in [2.05, 4.69) is 15.9 Å². The standard InChI is InChI=1S/C12H14BrF2NO2S/c13-9-1-2-10(14)8(11(9)15)5-12(6-16)3-4-19(17,18)7-12/h1-2H,3-7,16H2. The van der Waals surface area contributed by atoms with Gasteiger partial charge in [-0.3, -0.25) is 0 Å². The molecule has 1 atom stereocenters. The van der Waals surface area contributed by atoms with Crippen LogP contribution < -0.4 is 5.73 Å². The first-order valence-corrected chi connectivity index (χ1v) is 8.43. The smallest absolute Gasteiger partial charge is 0.150 e. The van der Waals surface area contributed by atoms with E-state index in [1.54, 1.807) is 0 Å². The number of rotatable bonds is 3. The molecule has 1 saturated heterocycles. The average Bonchev–Trinajstić information content (AvgIpc) is 2.66. The number of hydrogen-bond acceptors (Lipinski definition) is 3. The maximum atomic E-state index is 13.9. The molecule has 1 heterocycles. The molecule has 0 amide bonds. The van der Waals surface area contributed by atoms with Crippen molar-refractivity contribution in [2.24, 2.45) is 11.1 Å². The van der Waals surface area contributed by atoms with E-state index in [0.29, 0.717) is 6.42 Å². The van der Waals surface area contributed by atoms with Crippen LogP contribution in [0.3, 0.4) is 0 Å². The minimum absolute atomic E-state index is 0.000162. The van der Waals surface area contributed by atoms with E-state index in [-0.39, 0.29) is 34.5 Å². The molecule has 0 spiro atoms. The molecule has 0 aromatic heterocycles. The van der Waals surface area contributed by atoms with E-state index >= 15 is 0 Å². The molecule has 1 aromatic rings. The first-order valence-electron chi connectivity index (χ1n) is 5.81. The normalized spacial score (nSPS) is 25.7. The van der Waals surface area contributed by atoms with Crippen molar-refractivity contribution in [2.45, 2.75) is 12.8 Å². The largest absolute Gasteiger partial charge is 0.330 e. The lowest BCUT2D eigenvalue weighted by atomic mass is 9.81. The number of benzene rings is 1. The van der Waals surface area contributed by atoms with Crippen molar-refractivity contribution in [2.75, 3.05) is 18.1 Å². The van der Waals surface area contributed by atoms with Gasteiger partial charge in [-0.15, -0.1) is 0 Å². The zero-order chi connectivity index (χ0) is 14.3. The summed E-state index contributed by atoms with van der Waals surface area (Å²) in [5, 5.41) is 0. The molecule has 7 heteroatoms. The third-order valence-electron chi connectivity index (χ3n) is 3.59. The van der Waals surface area contributed by atoms with Gasteiger partial charge in [0.2, 0.25) is 0 Å². The molecule has 106 valence electrons. The van der Waals surface area contributed by atoms with Crippen LogP contribution >= 0.6 is 15.9 Å². The highest BCUT2D eigenvalue weighted by molar-refractivity contribution is 9.10. The Morgan fingerprint density at radius 1 is 1.37 bits per heavy atom. The molecule has 19 heavy (non-hydrogen) atoms. The van der Waals surface area contributed by atoms with Crippen LogP contribution in [0.5, 0.6) is 0 Å². The Hall–Kier alpha value is -0.530. The predicted molar refractivity (Wildman–Crippen MR) is 72.5 cm³/mol. The molecular weight excluding hydrogens is 340 g/mol. The highest BCUT2D eigenvalue weighted by atomic mass is 79.9. The molecule has 1 aliphatic rings. The van der Waals surface area contributed by atoms with Crippen LogP contribution in [0.15, 0.2) is 16.6 Å². The summed E-state index contributed by atoms with van der Waals surface area (Å²) in [5.74, 6) is -1.43. The summed E-state index contributed by atoms with van der Waals surface area (Å²) in [6.45, 7) is 0.0949. The van der Waals surface area contributed by atoms with E-state index in [0.717, 1.165) is 6.07 Å². The third-order valence-corrected chi connectivity index (χ3v) is 6.08.